The van der Waals surface area contributed by atoms with Crippen LogP contribution in [-0.2, 0) is 14.4 Å². The molecule has 4 rings (SSSR count). The minimum absolute atomic E-state index is 0.0172. The van der Waals surface area contributed by atoms with Gasteiger partial charge in [-0.15, -0.1) is 18.3 Å². The first-order chi connectivity index (χ1) is 17.0. The summed E-state index contributed by atoms with van der Waals surface area (Å²) in [6.45, 7) is 13.8. The summed E-state index contributed by atoms with van der Waals surface area (Å²) in [5.41, 5.74) is 2.70. The molecule has 196 valence electrons. The van der Waals surface area contributed by atoms with Gasteiger partial charge < -0.3 is 20.0 Å². The number of aliphatic hydroxyl groups excluding tert-OH is 1. The highest BCUT2D eigenvalue weighted by atomic mass is 32.2. The van der Waals surface area contributed by atoms with E-state index in [1.54, 1.807) is 15.9 Å². The van der Waals surface area contributed by atoms with Crippen molar-refractivity contribution in [3.63, 3.8) is 0 Å². The SMILES string of the molecule is C=CCN(C(=O)C1N([C@@H](CO)[C@@H](C)CC)C(=O)[C@@H]2[C@H](C(=O)O)[C@@H]3CC(C)C12S3)c1cc(C)ccc1C. The number of aliphatic carboxylic acids is 1. The van der Waals surface area contributed by atoms with E-state index in [-0.39, 0.29) is 42.1 Å². The van der Waals surface area contributed by atoms with Crippen molar-refractivity contribution >= 4 is 35.2 Å². The van der Waals surface area contributed by atoms with E-state index in [1.165, 1.54) is 11.8 Å². The van der Waals surface area contributed by atoms with Crippen molar-refractivity contribution in [3.8, 4) is 0 Å². The molecule has 2 N–H and O–H groups in total. The number of likely N-dealkylation sites (tertiary alicyclic amines) is 1. The van der Waals surface area contributed by atoms with Crippen molar-refractivity contribution in [2.45, 2.75) is 69.5 Å². The lowest BCUT2D eigenvalue weighted by atomic mass is 9.66. The third kappa shape index (κ3) is 3.79. The van der Waals surface area contributed by atoms with Gasteiger partial charge >= 0.3 is 5.97 Å². The Hall–Kier alpha value is -2.32. The van der Waals surface area contributed by atoms with Crippen molar-refractivity contribution in [2.75, 3.05) is 18.1 Å². The van der Waals surface area contributed by atoms with Gasteiger partial charge in [0.05, 0.1) is 29.2 Å². The maximum absolute atomic E-state index is 14.7. The first kappa shape index (κ1) is 26.7. The third-order valence-electron chi connectivity index (χ3n) is 8.78. The minimum Gasteiger partial charge on any atom is -0.481 e. The molecule has 3 aliphatic rings. The second kappa shape index (κ2) is 9.86. The van der Waals surface area contributed by atoms with Gasteiger partial charge in [0.1, 0.15) is 6.04 Å². The number of rotatable bonds is 9. The van der Waals surface area contributed by atoms with Crippen molar-refractivity contribution in [2.24, 2.45) is 23.7 Å². The Morgan fingerprint density at radius 1 is 1.36 bits per heavy atom. The first-order valence-electron chi connectivity index (χ1n) is 12.9. The number of aliphatic hydroxyl groups is 1. The van der Waals surface area contributed by atoms with Crippen LogP contribution < -0.4 is 4.90 Å². The minimum atomic E-state index is -0.978. The van der Waals surface area contributed by atoms with Gasteiger partial charge in [-0.05, 0) is 49.3 Å². The van der Waals surface area contributed by atoms with Crippen molar-refractivity contribution in [1.29, 1.82) is 0 Å². The average Bonchev–Trinajstić information content (AvgIpc) is 3.43. The van der Waals surface area contributed by atoms with Crippen LogP contribution in [0, 0.1) is 37.5 Å². The van der Waals surface area contributed by atoms with Gasteiger partial charge in [0.25, 0.3) is 5.91 Å². The van der Waals surface area contributed by atoms with Gasteiger partial charge in [0.2, 0.25) is 5.91 Å². The zero-order chi connectivity index (χ0) is 26.5. The predicted octanol–water partition coefficient (Wildman–Crippen LogP) is 3.65. The molecule has 1 spiro atoms. The van der Waals surface area contributed by atoms with Crippen LogP contribution in [0.25, 0.3) is 0 Å². The summed E-state index contributed by atoms with van der Waals surface area (Å²) in [5.74, 6) is -3.20. The summed E-state index contributed by atoms with van der Waals surface area (Å²) in [6.07, 6.45) is 3.05. The molecule has 2 bridgehead atoms. The van der Waals surface area contributed by atoms with Gasteiger partial charge in [-0.3, -0.25) is 14.4 Å². The summed E-state index contributed by atoms with van der Waals surface area (Å²) in [7, 11) is 0. The Morgan fingerprint density at radius 2 is 2.06 bits per heavy atom. The van der Waals surface area contributed by atoms with Crippen LogP contribution in [0.15, 0.2) is 30.9 Å². The molecule has 2 amide bonds. The number of carboxylic acid groups (broad SMARTS) is 1. The van der Waals surface area contributed by atoms with Gasteiger partial charge in [-0.25, -0.2) is 0 Å². The number of carbonyl (C=O) groups excluding carboxylic acids is 2. The molecule has 8 atom stereocenters. The van der Waals surface area contributed by atoms with Gasteiger partial charge in [-0.1, -0.05) is 45.4 Å². The number of carbonyl (C=O) groups is 3. The largest absolute Gasteiger partial charge is 0.481 e. The van der Waals surface area contributed by atoms with Crippen LogP contribution in [0.2, 0.25) is 0 Å². The molecule has 3 unspecified atom stereocenters. The highest BCUT2D eigenvalue weighted by Crippen LogP contribution is 2.69. The summed E-state index contributed by atoms with van der Waals surface area (Å²) in [4.78, 5) is 44.5. The number of fused-ring (bicyclic) bond motifs is 1. The topological polar surface area (TPSA) is 98.2 Å². The normalized spacial score (nSPS) is 32.3. The van der Waals surface area contributed by atoms with E-state index in [4.69, 9.17) is 0 Å². The average molecular weight is 515 g/mol. The van der Waals surface area contributed by atoms with E-state index >= 15 is 0 Å². The summed E-state index contributed by atoms with van der Waals surface area (Å²) >= 11 is 1.52. The molecule has 3 fully saturated rings. The van der Waals surface area contributed by atoms with Crippen molar-refractivity contribution < 1.29 is 24.6 Å². The van der Waals surface area contributed by atoms with Crippen molar-refractivity contribution in [3.05, 3.63) is 42.0 Å². The first-order valence-corrected chi connectivity index (χ1v) is 13.8. The van der Waals surface area contributed by atoms with Crippen molar-refractivity contribution in [1.82, 2.24) is 4.90 Å². The van der Waals surface area contributed by atoms with E-state index in [1.807, 2.05) is 52.8 Å². The molecule has 8 heteroatoms. The van der Waals surface area contributed by atoms with Gasteiger partial charge in [0.15, 0.2) is 0 Å². The Kier molecular flexibility index (Phi) is 7.32. The number of benzene rings is 1. The summed E-state index contributed by atoms with van der Waals surface area (Å²) in [5, 5.41) is 20.4. The lowest BCUT2D eigenvalue weighted by molar-refractivity contribution is -0.150. The van der Waals surface area contributed by atoms with E-state index in [0.29, 0.717) is 12.8 Å². The standard InChI is InChI=1S/C28H38N2O5S/c1-7-11-29(19-12-15(3)9-10-17(19)5)26(33)24-28-18(6)13-21(36-28)22(27(34)35)23(28)25(32)30(24)20(14-31)16(4)8-2/h7,9-10,12,16,18,20-24,31H,1,8,11,13-14H2,2-6H3,(H,34,35)/t16-,18?,20-,21-,22+,23-,24?,28?/m0/s1. The number of hydrogen-bond acceptors (Lipinski definition) is 5. The van der Waals surface area contributed by atoms with Crippen LogP contribution >= 0.6 is 11.8 Å². The van der Waals surface area contributed by atoms with Crippen LogP contribution in [0.4, 0.5) is 5.69 Å². The number of carboxylic acids is 1. The molecule has 3 aliphatic heterocycles. The van der Waals surface area contributed by atoms with E-state index in [9.17, 15) is 24.6 Å². The number of hydrogen-bond donors (Lipinski definition) is 2. The Morgan fingerprint density at radius 3 is 2.64 bits per heavy atom. The van der Waals surface area contributed by atoms with E-state index in [2.05, 4.69) is 6.58 Å². The molecule has 1 aromatic carbocycles. The lowest BCUT2D eigenvalue weighted by Gasteiger charge is -2.43. The quantitative estimate of drug-likeness (QED) is 0.488. The molecule has 36 heavy (non-hydrogen) atoms. The highest BCUT2D eigenvalue weighted by molar-refractivity contribution is 8.02. The molecule has 3 saturated heterocycles. The highest BCUT2D eigenvalue weighted by Gasteiger charge is 2.77. The molecule has 0 radical (unpaired) electrons. The number of anilines is 1. The zero-order valence-electron chi connectivity index (χ0n) is 21.8. The smallest absolute Gasteiger partial charge is 0.308 e. The predicted molar refractivity (Wildman–Crippen MR) is 142 cm³/mol. The number of amides is 2. The lowest BCUT2D eigenvalue weighted by Crippen LogP contribution is -2.60. The fourth-order valence-corrected chi connectivity index (χ4v) is 9.18. The van der Waals surface area contributed by atoms with Crippen LogP contribution in [0.3, 0.4) is 0 Å². The number of thioether (sulfide) groups is 1. The van der Waals surface area contributed by atoms with Gasteiger partial charge in [0, 0.05) is 17.5 Å². The molecular weight excluding hydrogens is 476 g/mol. The van der Waals surface area contributed by atoms with E-state index in [0.717, 1.165) is 16.8 Å². The second-order valence-corrected chi connectivity index (χ2v) is 12.3. The molecule has 0 aliphatic carbocycles. The van der Waals surface area contributed by atoms with E-state index < -0.39 is 34.6 Å². The zero-order valence-corrected chi connectivity index (χ0v) is 22.6. The third-order valence-corrected chi connectivity index (χ3v) is 10.9. The molecule has 3 heterocycles. The molecule has 1 aromatic rings. The number of aryl methyl sites for hydroxylation is 2. The van der Waals surface area contributed by atoms with Gasteiger partial charge in [-0.2, -0.15) is 0 Å². The fourth-order valence-electron chi connectivity index (χ4n) is 6.79. The molecule has 7 nitrogen and oxygen atoms in total. The molecular formula is C28H38N2O5S. The summed E-state index contributed by atoms with van der Waals surface area (Å²) < 4.78 is -0.847. The fraction of sp³-hybridized carbons (Fsp3) is 0.607. The molecule has 0 saturated carbocycles. The monoisotopic (exact) mass is 514 g/mol. The van der Waals surface area contributed by atoms with Crippen LogP contribution in [0.5, 0.6) is 0 Å². The maximum atomic E-state index is 14.7. The second-order valence-electron chi connectivity index (χ2n) is 10.8. The molecule has 0 aromatic heterocycles. The Bertz CT molecular complexity index is 1080. The number of nitrogens with zero attached hydrogens (tertiary/aromatic N) is 2. The Balaban J connectivity index is 1.91. The Labute approximate surface area is 217 Å². The van der Waals surface area contributed by atoms with Crippen LogP contribution in [-0.4, -0.2) is 68.1 Å². The maximum Gasteiger partial charge on any atom is 0.308 e. The summed E-state index contributed by atoms with van der Waals surface area (Å²) in [6, 6.07) is 4.50. The van der Waals surface area contributed by atoms with Crippen LogP contribution in [0.1, 0.15) is 44.7 Å².